The molecule has 0 aromatic heterocycles. The quantitative estimate of drug-likeness (QED) is 0.502. The first-order valence-electron chi connectivity index (χ1n) is 12.0. The third kappa shape index (κ3) is 6.62. The van der Waals surface area contributed by atoms with Crippen LogP contribution in [-0.4, -0.2) is 51.7 Å². The second kappa shape index (κ2) is 11.5. The van der Waals surface area contributed by atoms with Gasteiger partial charge in [-0.15, -0.1) is 13.2 Å². The molecule has 2 aromatic carbocycles. The molecule has 1 saturated heterocycles. The minimum Gasteiger partial charge on any atom is -0.478 e. The maximum absolute atomic E-state index is 13.3. The minimum atomic E-state index is -4.89. The van der Waals surface area contributed by atoms with E-state index in [1.165, 1.54) is 25.1 Å². The number of carbonyl (C=O) groups excluding carboxylic acids is 2. The summed E-state index contributed by atoms with van der Waals surface area (Å²) in [6, 6.07) is 9.18. The van der Waals surface area contributed by atoms with E-state index >= 15 is 0 Å². The van der Waals surface area contributed by atoms with Gasteiger partial charge in [-0.2, -0.15) is 0 Å². The summed E-state index contributed by atoms with van der Waals surface area (Å²) in [7, 11) is 0. The smallest absolute Gasteiger partial charge is 0.478 e. The van der Waals surface area contributed by atoms with Gasteiger partial charge in [0, 0.05) is 31.8 Å². The SMILES string of the molecule is CC.CC(=O)Nc1cc(OC(F)(F)F)ccc1C1C=C2C(=O)N(Cc3cccc(C(=O)O)c3)CC(C)N2N1. The number of carboxylic acids is 1. The van der Waals surface area contributed by atoms with Gasteiger partial charge in [0.15, 0.2) is 0 Å². The molecule has 4 rings (SSSR count). The van der Waals surface area contributed by atoms with E-state index in [0.717, 1.165) is 12.1 Å². The summed E-state index contributed by atoms with van der Waals surface area (Å²) in [5.41, 5.74) is 4.87. The molecule has 0 radical (unpaired) electrons. The Morgan fingerprint density at radius 2 is 1.89 bits per heavy atom. The molecule has 38 heavy (non-hydrogen) atoms. The molecule has 9 nitrogen and oxygen atoms in total. The molecule has 2 aliphatic heterocycles. The van der Waals surface area contributed by atoms with Gasteiger partial charge in [-0.1, -0.05) is 32.0 Å². The first-order valence-corrected chi connectivity index (χ1v) is 12.0. The number of benzene rings is 2. The molecule has 12 heteroatoms. The van der Waals surface area contributed by atoms with Gasteiger partial charge < -0.3 is 20.1 Å². The summed E-state index contributed by atoms with van der Waals surface area (Å²) in [6.45, 7) is 7.68. The molecular weight excluding hydrogens is 505 g/mol. The van der Waals surface area contributed by atoms with Crippen LogP contribution in [0.3, 0.4) is 0 Å². The van der Waals surface area contributed by atoms with Crippen LogP contribution in [0.1, 0.15) is 55.2 Å². The molecule has 2 atom stereocenters. The zero-order valence-electron chi connectivity index (χ0n) is 21.3. The van der Waals surface area contributed by atoms with Gasteiger partial charge >= 0.3 is 12.3 Å². The van der Waals surface area contributed by atoms with Gasteiger partial charge in [0.05, 0.1) is 17.6 Å². The summed E-state index contributed by atoms with van der Waals surface area (Å²) < 4.78 is 42.0. The number of fused-ring (bicyclic) bond motifs is 1. The van der Waals surface area contributed by atoms with Crippen LogP contribution in [0.15, 0.2) is 54.2 Å². The van der Waals surface area contributed by atoms with Crippen molar-refractivity contribution in [1.82, 2.24) is 15.3 Å². The molecule has 2 amide bonds. The Hall–Kier alpha value is -4.06. The largest absolute Gasteiger partial charge is 0.573 e. The molecule has 2 unspecified atom stereocenters. The summed E-state index contributed by atoms with van der Waals surface area (Å²) >= 11 is 0. The van der Waals surface area contributed by atoms with E-state index in [0.29, 0.717) is 23.4 Å². The van der Waals surface area contributed by atoms with Gasteiger partial charge in [-0.3, -0.25) is 14.6 Å². The summed E-state index contributed by atoms with van der Waals surface area (Å²) in [5.74, 6) is -2.32. The van der Waals surface area contributed by atoms with Crippen molar-refractivity contribution in [3.63, 3.8) is 0 Å². The van der Waals surface area contributed by atoms with Crippen LogP contribution in [0.25, 0.3) is 0 Å². The highest BCUT2D eigenvalue weighted by molar-refractivity contribution is 5.95. The van der Waals surface area contributed by atoms with E-state index in [1.807, 2.05) is 20.8 Å². The highest BCUT2D eigenvalue weighted by Crippen LogP contribution is 2.36. The number of hydrogen-bond donors (Lipinski definition) is 3. The summed E-state index contributed by atoms with van der Waals surface area (Å²) in [6.07, 6.45) is -3.25. The number of anilines is 1. The Kier molecular flexibility index (Phi) is 8.67. The van der Waals surface area contributed by atoms with Crippen molar-refractivity contribution in [1.29, 1.82) is 0 Å². The monoisotopic (exact) mass is 534 g/mol. The number of amides is 2. The highest BCUT2D eigenvalue weighted by atomic mass is 19.4. The van der Waals surface area contributed by atoms with E-state index in [-0.39, 0.29) is 29.7 Å². The number of carbonyl (C=O) groups is 3. The van der Waals surface area contributed by atoms with Crippen molar-refractivity contribution in [2.75, 3.05) is 11.9 Å². The fourth-order valence-corrected chi connectivity index (χ4v) is 4.30. The number of carboxylic acid groups (broad SMARTS) is 1. The predicted molar refractivity (Wildman–Crippen MR) is 133 cm³/mol. The Balaban J connectivity index is 0.00000195. The lowest BCUT2D eigenvalue weighted by atomic mass is 10.0. The Labute approximate surface area is 217 Å². The first-order chi connectivity index (χ1) is 17.9. The van der Waals surface area contributed by atoms with E-state index in [9.17, 15) is 32.7 Å². The number of piperazine rings is 1. The number of nitrogens with zero attached hydrogens (tertiary/aromatic N) is 2. The van der Waals surface area contributed by atoms with Crippen LogP contribution in [0.4, 0.5) is 18.9 Å². The lowest BCUT2D eigenvalue weighted by Gasteiger charge is -2.40. The zero-order chi connectivity index (χ0) is 28.2. The van der Waals surface area contributed by atoms with Crippen LogP contribution in [0.5, 0.6) is 5.75 Å². The third-order valence-corrected chi connectivity index (χ3v) is 5.75. The molecule has 0 bridgehead atoms. The standard InChI is InChI=1S/C24H23F3N4O5.C2H6/c1-13-11-30(12-15-4-3-5-16(8-15)23(34)35)22(33)21-10-20(29-31(13)21)18-7-6-17(36-24(25,26)27)9-19(18)28-14(2)32;1-2/h3-10,13,20,29H,11-12H2,1-2H3,(H,28,32)(H,34,35);1-2H3. The average molecular weight is 535 g/mol. The van der Waals surface area contributed by atoms with E-state index < -0.39 is 30.0 Å². The Morgan fingerprint density at radius 3 is 2.53 bits per heavy atom. The number of rotatable bonds is 6. The van der Waals surface area contributed by atoms with E-state index in [1.54, 1.807) is 28.1 Å². The van der Waals surface area contributed by atoms with E-state index in [2.05, 4.69) is 15.5 Å². The minimum absolute atomic E-state index is 0.112. The van der Waals surface area contributed by atoms with Gasteiger partial charge in [0.25, 0.3) is 5.91 Å². The highest BCUT2D eigenvalue weighted by Gasteiger charge is 2.40. The number of hydrazine groups is 1. The van der Waals surface area contributed by atoms with Gasteiger partial charge in [0.1, 0.15) is 11.4 Å². The topological polar surface area (TPSA) is 111 Å². The molecular formula is C26H29F3N4O5. The number of nitrogens with one attached hydrogen (secondary N) is 2. The molecule has 1 fully saturated rings. The summed E-state index contributed by atoms with van der Waals surface area (Å²) in [4.78, 5) is 37.8. The van der Waals surface area contributed by atoms with Crippen LogP contribution >= 0.6 is 0 Å². The Morgan fingerprint density at radius 1 is 1.18 bits per heavy atom. The van der Waals surface area contributed by atoms with Crippen molar-refractivity contribution >= 4 is 23.5 Å². The zero-order valence-corrected chi connectivity index (χ0v) is 21.3. The van der Waals surface area contributed by atoms with Crippen molar-refractivity contribution in [2.45, 2.75) is 52.7 Å². The molecule has 0 aliphatic carbocycles. The van der Waals surface area contributed by atoms with Gasteiger partial charge in [-0.25, -0.2) is 10.2 Å². The number of aromatic carboxylic acids is 1. The van der Waals surface area contributed by atoms with Crippen molar-refractivity contribution < 1.29 is 37.4 Å². The number of alkyl halides is 3. The molecule has 2 heterocycles. The average Bonchev–Trinajstić information content (AvgIpc) is 3.29. The lowest BCUT2D eigenvalue weighted by Crippen LogP contribution is -2.55. The molecule has 2 aliphatic rings. The van der Waals surface area contributed by atoms with Crippen molar-refractivity contribution in [3.05, 3.63) is 70.9 Å². The molecule has 0 saturated carbocycles. The predicted octanol–water partition coefficient (Wildman–Crippen LogP) is 4.44. The van der Waals surface area contributed by atoms with Crippen LogP contribution < -0.4 is 15.5 Å². The van der Waals surface area contributed by atoms with Gasteiger partial charge in [0.2, 0.25) is 5.91 Å². The number of halogens is 3. The lowest BCUT2D eigenvalue weighted by molar-refractivity contribution is -0.274. The molecule has 2 aromatic rings. The maximum Gasteiger partial charge on any atom is 0.573 e. The van der Waals surface area contributed by atoms with Crippen LogP contribution in [0, 0.1) is 0 Å². The normalized spacial score (nSPS) is 18.7. The second-order valence-corrected chi connectivity index (χ2v) is 8.55. The number of hydrogen-bond acceptors (Lipinski definition) is 6. The van der Waals surface area contributed by atoms with Crippen molar-refractivity contribution in [3.8, 4) is 5.75 Å². The summed E-state index contributed by atoms with van der Waals surface area (Å²) in [5, 5.41) is 13.4. The van der Waals surface area contributed by atoms with Crippen LogP contribution in [-0.2, 0) is 16.1 Å². The number of ether oxygens (including phenoxy) is 1. The fraction of sp³-hybridized carbons (Fsp3) is 0.346. The Bertz CT molecular complexity index is 1250. The molecule has 204 valence electrons. The second-order valence-electron chi connectivity index (χ2n) is 8.55. The first kappa shape index (κ1) is 28.5. The molecule has 3 N–H and O–H groups in total. The van der Waals surface area contributed by atoms with Crippen molar-refractivity contribution in [2.24, 2.45) is 0 Å². The third-order valence-electron chi connectivity index (χ3n) is 5.75. The van der Waals surface area contributed by atoms with Gasteiger partial charge in [-0.05, 0) is 42.3 Å². The molecule has 0 spiro atoms. The maximum atomic E-state index is 13.3. The van der Waals surface area contributed by atoms with E-state index in [4.69, 9.17) is 0 Å². The van der Waals surface area contributed by atoms with Crippen LogP contribution in [0.2, 0.25) is 0 Å². The fourth-order valence-electron chi connectivity index (χ4n) is 4.30.